The summed E-state index contributed by atoms with van der Waals surface area (Å²) in [6.07, 6.45) is 3.24. The van der Waals surface area contributed by atoms with Gasteiger partial charge in [0, 0.05) is 18.9 Å². The molecule has 5 nitrogen and oxygen atoms in total. The average Bonchev–Trinajstić information content (AvgIpc) is 2.54. The van der Waals surface area contributed by atoms with Crippen molar-refractivity contribution < 1.29 is 14.3 Å². The Morgan fingerprint density at radius 1 is 1.43 bits per heavy atom. The van der Waals surface area contributed by atoms with Crippen LogP contribution in [0.4, 0.5) is 5.69 Å². The van der Waals surface area contributed by atoms with Gasteiger partial charge in [0.05, 0.1) is 12.0 Å². The lowest BCUT2D eigenvalue weighted by Gasteiger charge is -2.35. The standard InChI is InChI=1S/C17H24N2O3.ClH/c1-3-11-22-15-6-4-5-14(12-15)19-16(20)17(13-21-2)7-9-18-10-8-17;/h3-6,12,18H,1,7-11,13H2,2H3,(H,19,20);1H. The largest absolute Gasteiger partial charge is 0.489 e. The first kappa shape index (κ1) is 19.5. The third-order valence-electron chi connectivity index (χ3n) is 3.92. The van der Waals surface area contributed by atoms with Crippen LogP contribution >= 0.6 is 12.4 Å². The maximum atomic E-state index is 12.7. The lowest BCUT2D eigenvalue weighted by molar-refractivity contribution is -0.130. The van der Waals surface area contributed by atoms with Crippen molar-refractivity contribution in [2.45, 2.75) is 12.8 Å². The molecule has 0 spiro atoms. The SMILES string of the molecule is C=CCOc1cccc(NC(=O)C2(COC)CCNCC2)c1.Cl. The van der Waals surface area contributed by atoms with Crippen molar-refractivity contribution >= 4 is 24.0 Å². The predicted octanol–water partition coefficient (Wildman–Crippen LogP) is 2.63. The van der Waals surface area contributed by atoms with E-state index in [0.29, 0.717) is 19.0 Å². The summed E-state index contributed by atoms with van der Waals surface area (Å²) in [5.41, 5.74) is 0.276. The molecule has 128 valence electrons. The summed E-state index contributed by atoms with van der Waals surface area (Å²) in [7, 11) is 1.64. The van der Waals surface area contributed by atoms with Crippen LogP contribution in [0.1, 0.15) is 12.8 Å². The van der Waals surface area contributed by atoms with Crippen molar-refractivity contribution in [2.75, 3.05) is 38.7 Å². The van der Waals surface area contributed by atoms with Crippen molar-refractivity contribution in [2.24, 2.45) is 5.41 Å². The molecule has 1 heterocycles. The molecule has 1 aliphatic heterocycles. The Bertz CT molecular complexity index is 511. The number of amides is 1. The fourth-order valence-electron chi connectivity index (χ4n) is 2.70. The highest BCUT2D eigenvalue weighted by Gasteiger charge is 2.39. The Morgan fingerprint density at radius 2 is 2.17 bits per heavy atom. The van der Waals surface area contributed by atoms with Crippen LogP contribution in [0.15, 0.2) is 36.9 Å². The number of benzene rings is 1. The first-order valence-corrected chi connectivity index (χ1v) is 7.55. The van der Waals surface area contributed by atoms with E-state index in [1.165, 1.54) is 0 Å². The van der Waals surface area contributed by atoms with Crippen LogP contribution in [0, 0.1) is 5.41 Å². The number of anilines is 1. The Labute approximate surface area is 143 Å². The molecule has 0 radical (unpaired) electrons. The normalized spacial score (nSPS) is 16.0. The maximum Gasteiger partial charge on any atom is 0.233 e. The summed E-state index contributed by atoms with van der Waals surface area (Å²) in [6, 6.07) is 7.40. The van der Waals surface area contributed by atoms with E-state index in [0.717, 1.165) is 31.6 Å². The Kier molecular flexibility index (Phi) is 8.09. The van der Waals surface area contributed by atoms with Crippen molar-refractivity contribution in [3.63, 3.8) is 0 Å². The monoisotopic (exact) mass is 340 g/mol. The number of piperidine rings is 1. The van der Waals surface area contributed by atoms with E-state index >= 15 is 0 Å². The maximum absolute atomic E-state index is 12.7. The first-order chi connectivity index (χ1) is 10.7. The van der Waals surface area contributed by atoms with Gasteiger partial charge in [-0.1, -0.05) is 18.7 Å². The quantitative estimate of drug-likeness (QED) is 0.749. The number of carbonyl (C=O) groups is 1. The number of carbonyl (C=O) groups excluding carboxylic acids is 1. The van der Waals surface area contributed by atoms with E-state index in [4.69, 9.17) is 9.47 Å². The van der Waals surface area contributed by atoms with Gasteiger partial charge in [-0.05, 0) is 38.1 Å². The summed E-state index contributed by atoms with van der Waals surface area (Å²) >= 11 is 0. The van der Waals surface area contributed by atoms with Crippen molar-refractivity contribution in [3.8, 4) is 5.75 Å². The fourth-order valence-corrected chi connectivity index (χ4v) is 2.70. The van der Waals surface area contributed by atoms with Crippen LogP contribution in [0.25, 0.3) is 0 Å². The molecule has 1 fully saturated rings. The molecule has 0 atom stereocenters. The number of halogens is 1. The second kappa shape index (κ2) is 9.55. The lowest BCUT2D eigenvalue weighted by atomic mass is 9.78. The third kappa shape index (κ3) is 5.23. The van der Waals surface area contributed by atoms with Gasteiger partial charge in [0.1, 0.15) is 12.4 Å². The van der Waals surface area contributed by atoms with Gasteiger partial charge in [-0.15, -0.1) is 12.4 Å². The molecule has 2 N–H and O–H groups in total. The van der Waals surface area contributed by atoms with E-state index in [-0.39, 0.29) is 18.3 Å². The molecular weight excluding hydrogens is 316 g/mol. The van der Waals surface area contributed by atoms with Gasteiger partial charge in [0.25, 0.3) is 0 Å². The highest BCUT2D eigenvalue weighted by molar-refractivity contribution is 5.95. The minimum atomic E-state index is -0.460. The second-order valence-electron chi connectivity index (χ2n) is 5.54. The van der Waals surface area contributed by atoms with Crippen LogP contribution < -0.4 is 15.4 Å². The van der Waals surface area contributed by atoms with Gasteiger partial charge in [-0.3, -0.25) is 4.79 Å². The summed E-state index contributed by atoms with van der Waals surface area (Å²) in [5, 5.41) is 6.29. The average molecular weight is 341 g/mol. The molecular formula is C17H25ClN2O3. The van der Waals surface area contributed by atoms with Crippen molar-refractivity contribution in [3.05, 3.63) is 36.9 Å². The van der Waals surface area contributed by atoms with Crippen molar-refractivity contribution in [1.82, 2.24) is 5.32 Å². The molecule has 2 rings (SSSR count). The molecule has 1 saturated heterocycles. The van der Waals surface area contributed by atoms with Crippen LogP contribution in [0.3, 0.4) is 0 Å². The Hall–Kier alpha value is -1.56. The zero-order chi connectivity index (χ0) is 15.8. The molecule has 6 heteroatoms. The van der Waals surface area contributed by atoms with E-state index in [1.807, 2.05) is 24.3 Å². The first-order valence-electron chi connectivity index (χ1n) is 7.55. The molecule has 0 aromatic heterocycles. The number of nitrogens with one attached hydrogen (secondary N) is 2. The fraction of sp³-hybridized carbons (Fsp3) is 0.471. The van der Waals surface area contributed by atoms with E-state index in [9.17, 15) is 4.79 Å². The van der Waals surface area contributed by atoms with E-state index in [2.05, 4.69) is 17.2 Å². The molecule has 1 aromatic rings. The minimum absolute atomic E-state index is 0. The summed E-state index contributed by atoms with van der Waals surface area (Å²) < 4.78 is 10.8. The summed E-state index contributed by atoms with van der Waals surface area (Å²) in [5.74, 6) is 0.723. The zero-order valence-electron chi connectivity index (χ0n) is 13.5. The third-order valence-corrected chi connectivity index (χ3v) is 3.92. The number of hydrogen-bond donors (Lipinski definition) is 2. The van der Waals surface area contributed by atoms with Crippen LogP contribution in [0.5, 0.6) is 5.75 Å². The van der Waals surface area contributed by atoms with Crippen molar-refractivity contribution in [1.29, 1.82) is 0 Å². The van der Waals surface area contributed by atoms with Gasteiger partial charge in [-0.25, -0.2) is 0 Å². The molecule has 1 aliphatic rings. The molecule has 1 amide bonds. The van der Waals surface area contributed by atoms with E-state index < -0.39 is 5.41 Å². The lowest BCUT2D eigenvalue weighted by Crippen LogP contribution is -2.47. The zero-order valence-corrected chi connectivity index (χ0v) is 14.3. The second-order valence-corrected chi connectivity index (χ2v) is 5.54. The highest BCUT2D eigenvalue weighted by atomic mass is 35.5. The molecule has 0 saturated carbocycles. The molecule has 0 aliphatic carbocycles. The topological polar surface area (TPSA) is 59.6 Å². The predicted molar refractivity (Wildman–Crippen MR) is 94.4 cm³/mol. The molecule has 23 heavy (non-hydrogen) atoms. The smallest absolute Gasteiger partial charge is 0.233 e. The van der Waals surface area contributed by atoms with Gasteiger partial charge in [-0.2, -0.15) is 0 Å². The molecule has 1 aromatic carbocycles. The molecule has 0 bridgehead atoms. The number of methoxy groups -OCH3 is 1. The number of hydrogen-bond acceptors (Lipinski definition) is 4. The summed E-state index contributed by atoms with van der Waals surface area (Å²) in [6.45, 7) is 6.17. The van der Waals surface area contributed by atoms with E-state index in [1.54, 1.807) is 13.2 Å². The van der Waals surface area contributed by atoms with Gasteiger partial charge in [0.15, 0.2) is 0 Å². The van der Waals surface area contributed by atoms with Gasteiger partial charge >= 0.3 is 0 Å². The Balaban J connectivity index is 0.00000264. The molecule has 0 unspecified atom stereocenters. The summed E-state index contributed by atoms with van der Waals surface area (Å²) in [4.78, 5) is 12.7. The van der Waals surface area contributed by atoms with Crippen LogP contribution in [-0.4, -0.2) is 39.3 Å². The van der Waals surface area contributed by atoms with Crippen LogP contribution in [-0.2, 0) is 9.53 Å². The number of ether oxygens (including phenoxy) is 2. The van der Waals surface area contributed by atoms with Gasteiger partial charge < -0.3 is 20.1 Å². The van der Waals surface area contributed by atoms with Crippen LogP contribution in [0.2, 0.25) is 0 Å². The highest BCUT2D eigenvalue weighted by Crippen LogP contribution is 2.31. The Morgan fingerprint density at radius 3 is 2.83 bits per heavy atom. The number of rotatable bonds is 7. The minimum Gasteiger partial charge on any atom is -0.489 e. The van der Waals surface area contributed by atoms with Gasteiger partial charge in [0.2, 0.25) is 5.91 Å².